The molecule has 1 fully saturated rings. The summed E-state index contributed by atoms with van der Waals surface area (Å²) in [6, 6.07) is 0. The molecule has 0 spiro atoms. The fourth-order valence-electron chi connectivity index (χ4n) is 2.67. The second kappa shape index (κ2) is 8.34. The highest BCUT2D eigenvalue weighted by Crippen LogP contribution is 2.35. The van der Waals surface area contributed by atoms with Crippen LogP contribution in [0.3, 0.4) is 0 Å². The summed E-state index contributed by atoms with van der Waals surface area (Å²) in [5, 5.41) is 0. The maximum Gasteiger partial charge on any atom is 0.320 e. The molecule has 1 aliphatic rings. The first-order valence-corrected chi connectivity index (χ1v) is 7.83. The van der Waals surface area contributed by atoms with Crippen LogP contribution in [0.2, 0.25) is 0 Å². The molecule has 0 aromatic rings. The molecule has 0 saturated carbocycles. The summed E-state index contributed by atoms with van der Waals surface area (Å²) < 4.78 is 4.63. The molecule has 0 amide bonds. The Morgan fingerprint density at radius 3 is 1.95 bits per heavy atom. The molecule has 3 heteroatoms. The number of hydrogen-bond acceptors (Lipinski definition) is 3. The largest absolute Gasteiger partial charge is 0.393 e. The van der Waals surface area contributed by atoms with Crippen LogP contribution in [-0.2, 0) is 14.3 Å². The fraction of sp³-hybridized carbons (Fsp3) is 0.875. The van der Waals surface area contributed by atoms with Gasteiger partial charge in [0.25, 0.3) is 0 Å². The molecule has 1 unspecified atom stereocenters. The van der Waals surface area contributed by atoms with E-state index in [0.717, 1.165) is 19.3 Å². The molecule has 1 aliphatic heterocycles. The number of carbonyl (C=O) groups is 2. The third kappa shape index (κ3) is 5.75. The van der Waals surface area contributed by atoms with Gasteiger partial charge in [-0.1, -0.05) is 64.7 Å². The van der Waals surface area contributed by atoms with Crippen LogP contribution >= 0.6 is 0 Å². The molecule has 0 aliphatic carbocycles. The van der Waals surface area contributed by atoms with E-state index in [1.54, 1.807) is 0 Å². The Balaban J connectivity index is 1.99. The van der Waals surface area contributed by atoms with Crippen molar-refractivity contribution in [1.29, 1.82) is 0 Å². The smallest absolute Gasteiger partial charge is 0.320 e. The topological polar surface area (TPSA) is 43.4 Å². The molecule has 0 N–H and O–H groups in total. The van der Waals surface area contributed by atoms with Crippen molar-refractivity contribution in [3.63, 3.8) is 0 Å². The molecule has 3 nitrogen and oxygen atoms in total. The predicted molar refractivity (Wildman–Crippen MR) is 75.7 cm³/mol. The summed E-state index contributed by atoms with van der Waals surface area (Å²) in [6.45, 7) is 4.09. The highest BCUT2D eigenvalue weighted by atomic mass is 16.6. The summed E-state index contributed by atoms with van der Waals surface area (Å²) in [5.74, 6) is -0.680. The summed E-state index contributed by atoms with van der Waals surface area (Å²) in [5.41, 5.74) is -0.543. The average Bonchev–Trinajstić information content (AvgIpc) is 2.61. The standard InChI is InChI=1S/C16H28O3/c1-3-4-5-6-7-8-9-10-11-12-16(2)13-14(17)19-15(16)18/h3-13H2,1-2H3. The Bertz CT molecular complexity index is 298. The molecule has 0 aromatic heterocycles. The monoisotopic (exact) mass is 268 g/mol. The Kier molecular flexibility index (Phi) is 7.11. The number of cyclic esters (lactones) is 2. The van der Waals surface area contributed by atoms with Gasteiger partial charge in [-0.3, -0.25) is 9.59 Å². The van der Waals surface area contributed by atoms with E-state index >= 15 is 0 Å². The third-order valence-electron chi connectivity index (χ3n) is 4.07. The summed E-state index contributed by atoms with van der Waals surface area (Å²) in [7, 11) is 0. The van der Waals surface area contributed by atoms with Crippen LogP contribution in [0.15, 0.2) is 0 Å². The molecule has 0 radical (unpaired) electrons. The highest BCUT2D eigenvalue weighted by molar-refractivity contribution is 5.97. The van der Waals surface area contributed by atoms with Crippen molar-refractivity contribution in [2.75, 3.05) is 0 Å². The van der Waals surface area contributed by atoms with Gasteiger partial charge in [-0.2, -0.15) is 0 Å². The van der Waals surface area contributed by atoms with Crippen molar-refractivity contribution in [3.8, 4) is 0 Å². The highest BCUT2D eigenvalue weighted by Gasteiger charge is 2.44. The Hall–Kier alpha value is -0.860. The first kappa shape index (κ1) is 16.2. The first-order valence-electron chi connectivity index (χ1n) is 7.83. The maximum atomic E-state index is 11.5. The Morgan fingerprint density at radius 1 is 0.947 bits per heavy atom. The van der Waals surface area contributed by atoms with E-state index in [1.807, 2.05) is 6.92 Å². The number of carbonyl (C=O) groups excluding carboxylic acids is 2. The molecule has 1 heterocycles. The minimum atomic E-state index is -0.543. The van der Waals surface area contributed by atoms with Gasteiger partial charge >= 0.3 is 11.9 Å². The number of ether oxygens (including phenoxy) is 1. The van der Waals surface area contributed by atoms with Crippen molar-refractivity contribution < 1.29 is 14.3 Å². The summed E-state index contributed by atoms with van der Waals surface area (Å²) in [6.07, 6.45) is 12.5. The lowest BCUT2D eigenvalue weighted by Crippen LogP contribution is -2.22. The van der Waals surface area contributed by atoms with Crippen LogP contribution in [0.25, 0.3) is 0 Å². The number of rotatable bonds is 10. The molecule has 0 aromatic carbocycles. The molecule has 1 rings (SSSR count). The van der Waals surface area contributed by atoms with Crippen LogP contribution in [0.5, 0.6) is 0 Å². The molecule has 19 heavy (non-hydrogen) atoms. The Labute approximate surface area is 117 Å². The van der Waals surface area contributed by atoms with Crippen molar-refractivity contribution in [1.82, 2.24) is 0 Å². The third-order valence-corrected chi connectivity index (χ3v) is 4.07. The molecule has 0 bridgehead atoms. The van der Waals surface area contributed by atoms with Crippen molar-refractivity contribution in [2.24, 2.45) is 5.41 Å². The van der Waals surface area contributed by atoms with Gasteiger partial charge in [0, 0.05) is 0 Å². The van der Waals surface area contributed by atoms with Crippen LogP contribution in [0.4, 0.5) is 0 Å². The van der Waals surface area contributed by atoms with Gasteiger partial charge in [-0.25, -0.2) is 0 Å². The van der Waals surface area contributed by atoms with Gasteiger partial charge in [-0.05, 0) is 13.3 Å². The van der Waals surface area contributed by atoms with Crippen molar-refractivity contribution in [3.05, 3.63) is 0 Å². The van der Waals surface area contributed by atoms with Crippen LogP contribution in [0.1, 0.15) is 84.5 Å². The lowest BCUT2D eigenvalue weighted by molar-refractivity contribution is -0.155. The normalized spacial score (nSPS) is 22.8. The zero-order chi connectivity index (χ0) is 14.1. The number of esters is 2. The number of unbranched alkanes of at least 4 members (excludes halogenated alkanes) is 8. The van der Waals surface area contributed by atoms with Crippen LogP contribution in [-0.4, -0.2) is 11.9 Å². The molecular weight excluding hydrogens is 240 g/mol. The predicted octanol–water partition coefficient (Wildman–Crippen LogP) is 4.39. The van der Waals surface area contributed by atoms with Gasteiger partial charge in [0.2, 0.25) is 0 Å². The maximum absolute atomic E-state index is 11.5. The van der Waals surface area contributed by atoms with Crippen molar-refractivity contribution >= 4 is 11.9 Å². The molecular formula is C16H28O3. The summed E-state index contributed by atoms with van der Waals surface area (Å²) in [4.78, 5) is 22.6. The summed E-state index contributed by atoms with van der Waals surface area (Å²) >= 11 is 0. The molecule has 110 valence electrons. The minimum absolute atomic E-state index is 0.267. The lowest BCUT2D eigenvalue weighted by Gasteiger charge is -2.16. The Morgan fingerprint density at radius 2 is 1.47 bits per heavy atom. The van der Waals surface area contributed by atoms with E-state index in [1.165, 1.54) is 44.9 Å². The molecule has 1 atom stereocenters. The average molecular weight is 268 g/mol. The number of hydrogen-bond donors (Lipinski definition) is 0. The fourth-order valence-corrected chi connectivity index (χ4v) is 2.67. The zero-order valence-corrected chi connectivity index (χ0v) is 12.5. The van der Waals surface area contributed by atoms with E-state index in [-0.39, 0.29) is 18.4 Å². The quantitative estimate of drug-likeness (QED) is 0.335. The van der Waals surface area contributed by atoms with E-state index in [2.05, 4.69) is 11.7 Å². The van der Waals surface area contributed by atoms with Crippen LogP contribution < -0.4 is 0 Å². The first-order chi connectivity index (χ1) is 9.08. The minimum Gasteiger partial charge on any atom is -0.393 e. The second-order valence-electron chi connectivity index (χ2n) is 6.08. The van der Waals surface area contributed by atoms with E-state index < -0.39 is 5.41 Å². The van der Waals surface area contributed by atoms with Gasteiger partial charge in [-0.15, -0.1) is 0 Å². The van der Waals surface area contributed by atoms with Gasteiger partial charge in [0.15, 0.2) is 0 Å². The molecule has 1 saturated heterocycles. The lowest BCUT2D eigenvalue weighted by atomic mass is 9.83. The SMILES string of the molecule is CCCCCCCCCCCC1(C)CC(=O)OC1=O. The van der Waals surface area contributed by atoms with Crippen molar-refractivity contribution in [2.45, 2.75) is 84.5 Å². The van der Waals surface area contributed by atoms with E-state index in [9.17, 15) is 9.59 Å². The van der Waals surface area contributed by atoms with Gasteiger partial charge in [0.1, 0.15) is 0 Å². The van der Waals surface area contributed by atoms with E-state index in [0.29, 0.717) is 0 Å². The van der Waals surface area contributed by atoms with Gasteiger partial charge in [0.05, 0.1) is 11.8 Å². The second-order valence-corrected chi connectivity index (χ2v) is 6.08. The zero-order valence-electron chi connectivity index (χ0n) is 12.5. The van der Waals surface area contributed by atoms with E-state index in [4.69, 9.17) is 0 Å². The van der Waals surface area contributed by atoms with Gasteiger partial charge < -0.3 is 4.74 Å². The van der Waals surface area contributed by atoms with Crippen LogP contribution in [0, 0.1) is 5.41 Å².